The molecule has 5 rings (SSSR count). The Bertz CT molecular complexity index is 1340. The number of benzene rings is 3. The van der Waals surface area contributed by atoms with Gasteiger partial charge in [0.25, 0.3) is 0 Å². The molecule has 0 aromatic heterocycles. The van der Waals surface area contributed by atoms with Gasteiger partial charge in [-0.25, -0.2) is 4.39 Å². The van der Waals surface area contributed by atoms with Gasteiger partial charge in [-0.3, -0.25) is 0 Å². The molecule has 4 heteroatoms. The maximum Gasteiger partial charge on any atom is 0.126 e. The summed E-state index contributed by atoms with van der Waals surface area (Å²) in [7, 11) is 0. The van der Waals surface area contributed by atoms with Crippen LogP contribution in [-0.2, 0) is 21.7 Å². The van der Waals surface area contributed by atoms with Crippen LogP contribution in [0.4, 0.5) is 21.5 Å². The van der Waals surface area contributed by atoms with Gasteiger partial charge in [-0.1, -0.05) is 90.7 Å². The van der Waals surface area contributed by atoms with Crippen molar-refractivity contribution < 1.29 is 4.39 Å². The monoisotopic (exact) mass is 551 g/mol. The van der Waals surface area contributed by atoms with Gasteiger partial charge in [0.05, 0.1) is 15.7 Å². The molecule has 0 N–H and O–H groups in total. The molecular weight excluding hydrogens is 512 g/mol. The molecule has 0 atom stereocenters. The van der Waals surface area contributed by atoms with Crippen LogP contribution < -0.4 is 4.90 Å². The van der Waals surface area contributed by atoms with Gasteiger partial charge in [-0.05, 0) is 106 Å². The molecule has 0 unspecified atom stereocenters. The first-order valence-electron chi connectivity index (χ1n) is 13.8. The molecule has 0 saturated heterocycles. The predicted octanol–water partition coefficient (Wildman–Crippen LogP) is 11.3. The third-order valence-corrected chi connectivity index (χ3v) is 10.2. The van der Waals surface area contributed by atoms with E-state index in [4.69, 9.17) is 23.2 Å². The fourth-order valence-electron chi connectivity index (χ4n) is 6.56. The Morgan fingerprint density at radius 3 is 1.39 bits per heavy atom. The molecule has 2 aliphatic rings. The zero-order chi connectivity index (χ0) is 27.8. The summed E-state index contributed by atoms with van der Waals surface area (Å²) in [6, 6.07) is 16.2. The van der Waals surface area contributed by atoms with Crippen molar-refractivity contribution in [2.75, 3.05) is 4.90 Å². The molecule has 0 saturated carbocycles. The number of halogens is 3. The molecule has 0 radical (unpaired) electrons. The topological polar surface area (TPSA) is 3.24 Å². The maximum absolute atomic E-state index is 14.8. The van der Waals surface area contributed by atoms with Crippen LogP contribution in [0.5, 0.6) is 0 Å². The highest BCUT2D eigenvalue weighted by molar-refractivity contribution is 6.44. The predicted molar refractivity (Wildman–Crippen MR) is 162 cm³/mol. The summed E-state index contributed by atoms with van der Waals surface area (Å²) >= 11 is 13.2. The zero-order valence-corrected chi connectivity index (χ0v) is 25.5. The number of hydrogen-bond donors (Lipinski definition) is 0. The van der Waals surface area contributed by atoms with Crippen LogP contribution in [0.2, 0.25) is 10.0 Å². The fraction of sp³-hybridized carbons (Fsp3) is 0.471. The molecule has 1 nitrogen and oxygen atoms in total. The average Bonchev–Trinajstić information content (AvgIpc) is 2.83. The minimum absolute atomic E-state index is 0.0395. The highest BCUT2D eigenvalue weighted by Crippen LogP contribution is 2.51. The molecule has 0 aliphatic heterocycles. The first-order valence-corrected chi connectivity index (χ1v) is 14.5. The molecule has 202 valence electrons. The Labute approximate surface area is 238 Å². The number of rotatable bonds is 3. The molecule has 0 amide bonds. The van der Waals surface area contributed by atoms with Crippen molar-refractivity contribution in [2.24, 2.45) is 0 Å². The summed E-state index contributed by atoms with van der Waals surface area (Å²) in [6.07, 6.45) is 4.53. The Hall–Kier alpha value is -2.03. The van der Waals surface area contributed by atoms with Crippen molar-refractivity contribution in [2.45, 2.75) is 103 Å². The van der Waals surface area contributed by atoms with E-state index >= 15 is 0 Å². The van der Waals surface area contributed by atoms with E-state index in [0.29, 0.717) is 10.7 Å². The fourth-order valence-corrected chi connectivity index (χ4v) is 6.96. The van der Waals surface area contributed by atoms with E-state index in [-0.39, 0.29) is 26.7 Å². The van der Waals surface area contributed by atoms with Gasteiger partial charge < -0.3 is 4.90 Å². The van der Waals surface area contributed by atoms with Gasteiger partial charge in [-0.2, -0.15) is 0 Å². The molecular formula is C34H40Cl2FN. The lowest BCUT2D eigenvalue weighted by Gasteiger charge is -2.43. The smallest absolute Gasteiger partial charge is 0.126 e. The number of fused-ring (bicyclic) bond motifs is 2. The second-order valence-electron chi connectivity index (χ2n) is 14.1. The highest BCUT2D eigenvalue weighted by atomic mass is 35.5. The Kier molecular flexibility index (Phi) is 6.52. The Morgan fingerprint density at radius 2 is 0.974 bits per heavy atom. The van der Waals surface area contributed by atoms with Crippen LogP contribution in [0.25, 0.3) is 0 Å². The number of anilines is 3. The van der Waals surface area contributed by atoms with Crippen LogP contribution in [0, 0.1) is 5.82 Å². The van der Waals surface area contributed by atoms with E-state index in [9.17, 15) is 4.39 Å². The van der Waals surface area contributed by atoms with Crippen LogP contribution >= 0.6 is 23.2 Å². The molecule has 0 bridgehead atoms. The van der Waals surface area contributed by atoms with Crippen LogP contribution in [0.15, 0.2) is 48.5 Å². The molecule has 0 heterocycles. The Morgan fingerprint density at radius 1 is 0.579 bits per heavy atom. The normalized spacial score (nSPS) is 20.4. The van der Waals surface area contributed by atoms with Crippen molar-refractivity contribution in [3.05, 3.63) is 86.6 Å². The van der Waals surface area contributed by atoms with Crippen LogP contribution in [0.1, 0.15) is 103 Å². The van der Waals surface area contributed by atoms with E-state index < -0.39 is 5.82 Å². The van der Waals surface area contributed by atoms with E-state index in [1.807, 2.05) is 0 Å². The summed E-state index contributed by atoms with van der Waals surface area (Å²) < 4.78 is 14.8. The van der Waals surface area contributed by atoms with E-state index in [1.165, 1.54) is 34.4 Å². The van der Waals surface area contributed by atoms with Gasteiger partial charge in [0.1, 0.15) is 5.82 Å². The molecule has 0 fully saturated rings. The lowest BCUT2D eigenvalue weighted by atomic mass is 9.63. The summed E-state index contributed by atoms with van der Waals surface area (Å²) in [6.45, 7) is 18.6. The minimum atomic E-state index is -0.404. The molecule has 3 aromatic carbocycles. The van der Waals surface area contributed by atoms with Crippen molar-refractivity contribution >= 4 is 40.3 Å². The van der Waals surface area contributed by atoms with Crippen molar-refractivity contribution in [1.82, 2.24) is 0 Å². The molecule has 0 spiro atoms. The standard InChI is InChI=1S/C34H40Cl2FN/c1-31(2)13-15-33(5,6)26-19-22(9-11-24(26)31)38(29-18-21(37)17-28(35)30(29)36)23-10-12-25-27(20-23)34(7,8)16-14-32(25,3)4/h9-12,17-20H,13-16H2,1-8H3. The van der Waals surface area contributed by atoms with E-state index in [1.54, 1.807) is 0 Å². The molecule has 38 heavy (non-hydrogen) atoms. The summed E-state index contributed by atoms with van der Waals surface area (Å²) in [5, 5.41) is 0.563. The van der Waals surface area contributed by atoms with Gasteiger partial charge in [0.2, 0.25) is 0 Å². The minimum Gasteiger partial charge on any atom is -0.309 e. The second kappa shape index (κ2) is 9.00. The summed E-state index contributed by atoms with van der Waals surface area (Å²) in [5.74, 6) is -0.404. The largest absolute Gasteiger partial charge is 0.309 e. The van der Waals surface area contributed by atoms with Gasteiger partial charge in [0, 0.05) is 11.4 Å². The number of hydrogen-bond acceptors (Lipinski definition) is 1. The quantitative estimate of drug-likeness (QED) is 0.292. The van der Waals surface area contributed by atoms with Gasteiger partial charge in [-0.15, -0.1) is 0 Å². The van der Waals surface area contributed by atoms with Crippen LogP contribution in [-0.4, -0.2) is 0 Å². The van der Waals surface area contributed by atoms with Gasteiger partial charge in [0.15, 0.2) is 0 Å². The maximum atomic E-state index is 14.8. The third-order valence-electron chi connectivity index (χ3n) is 9.40. The van der Waals surface area contributed by atoms with Crippen molar-refractivity contribution in [3.8, 4) is 0 Å². The molecule has 3 aromatic rings. The van der Waals surface area contributed by atoms with Gasteiger partial charge >= 0.3 is 0 Å². The highest BCUT2D eigenvalue weighted by Gasteiger charge is 2.39. The first-order chi connectivity index (χ1) is 17.5. The van der Waals surface area contributed by atoms with Crippen LogP contribution in [0.3, 0.4) is 0 Å². The average molecular weight is 553 g/mol. The van der Waals surface area contributed by atoms with E-state index in [0.717, 1.165) is 37.1 Å². The zero-order valence-electron chi connectivity index (χ0n) is 24.0. The summed E-state index contributed by atoms with van der Waals surface area (Å²) in [4.78, 5) is 2.09. The summed E-state index contributed by atoms with van der Waals surface area (Å²) in [5.41, 5.74) is 8.22. The lowest BCUT2D eigenvalue weighted by molar-refractivity contribution is 0.332. The Balaban J connectivity index is 1.78. The van der Waals surface area contributed by atoms with Crippen molar-refractivity contribution in [1.29, 1.82) is 0 Å². The van der Waals surface area contributed by atoms with E-state index in [2.05, 4.69) is 96.7 Å². The molecule has 2 aliphatic carbocycles. The first kappa shape index (κ1) is 27.5. The number of nitrogens with zero attached hydrogens (tertiary/aromatic N) is 1. The SMILES string of the molecule is CC1(C)CCC(C)(C)c2cc(N(c3ccc4c(c3)C(C)(C)CCC4(C)C)c3cc(F)cc(Cl)c3Cl)ccc21. The second-order valence-corrected chi connectivity index (χ2v) is 14.8. The third kappa shape index (κ3) is 4.56. The lowest BCUT2D eigenvalue weighted by Crippen LogP contribution is -2.34. The van der Waals surface area contributed by atoms with Crippen molar-refractivity contribution in [3.63, 3.8) is 0 Å².